The second kappa shape index (κ2) is 5.10. The summed E-state index contributed by atoms with van der Waals surface area (Å²) in [6.45, 7) is 3.21. The van der Waals surface area contributed by atoms with Gasteiger partial charge in [-0.1, -0.05) is 6.92 Å². The molecule has 0 radical (unpaired) electrons. The van der Waals surface area contributed by atoms with Crippen LogP contribution in [0, 0.1) is 0 Å². The van der Waals surface area contributed by atoms with Crippen LogP contribution in [0.2, 0.25) is 0 Å². The fourth-order valence-electron chi connectivity index (χ4n) is 2.08. The molecule has 4 nitrogen and oxygen atoms in total. The first-order valence-corrected chi connectivity index (χ1v) is 6.45. The number of halogens is 1. The Bertz CT molecular complexity index is 372. The summed E-state index contributed by atoms with van der Waals surface area (Å²) in [5, 5.41) is 9.30. The zero-order chi connectivity index (χ0) is 11.5. The maximum absolute atomic E-state index is 9.30. The molecule has 2 heterocycles. The predicted octanol–water partition coefficient (Wildman–Crippen LogP) is 1.76. The Kier molecular flexibility index (Phi) is 3.76. The van der Waals surface area contributed by atoms with Crippen LogP contribution in [0.3, 0.4) is 0 Å². The van der Waals surface area contributed by atoms with Crippen molar-refractivity contribution < 1.29 is 5.11 Å². The summed E-state index contributed by atoms with van der Waals surface area (Å²) >= 11 is 3.40. The molecule has 0 amide bonds. The zero-order valence-corrected chi connectivity index (χ0v) is 10.9. The van der Waals surface area contributed by atoms with Crippen molar-refractivity contribution in [1.82, 2.24) is 9.97 Å². The SMILES string of the molecule is CCc1nc(Br)cc(N2CCCC2CO)n1. The fraction of sp³-hybridized carbons (Fsp3) is 0.636. The van der Waals surface area contributed by atoms with E-state index in [0.717, 1.165) is 42.1 Å². The minimum absolute atomic E-state index is 0.198. The Hall–Kier alpha value is -0.680. The molecule has 1 N–H and O–H groups in total. The van der Waals surface area contributed by atoms with Crippen molar-refractivity contribution in [2.24, 2.45) is 0 Å². The molecule has 1 saturated heterocycles. The van der Waals surface area contributed by atoms with Gasteiger partial charge in [-0.05, 0) is 28.8 Å². The van der Waals surface area contributed by atoms with Gasteiger partial charge in [-0.25, -0.2) is 9.97 Å². The molecule has 0 bridgehead atoms. The molecule has 1 aliphatic rings. The summed E-state index contributed by atoms with van der Waals surface area (Å²) in [5.41, 5.74) is 0. The van der Waals surface area contributed by atoms with Gasteiger partial charge in [0.1, 0.15) is 16.2 Å². The van der Waals surface area contributed by atoms with E-state index in [1.54, 1.807) is 0 Å². The number of aliphatic hydroxyl groups is 1. The van der Waals surface area contributed by atoms with E-state index in [-0.39, 0.29) is 12.6 Å². The van der Waals surface area contributed by atoms with E-state index in [4.69, 9.17) is 0 Å². The Morgan fingerprint density at radius 2 is 2.38 bits per heavy atom. The Morgan fingerprint density at radius 3 is 3.06 bits per heavy atom. The maximum atomic E-state index is 9.30. The van der Waals surface area contributed by atoms with Crippen LogP contribution in [-0.2, 0) is 6.42 Å². The van der Waals surface area contributed by atoms with Gasteiger partial charge in [0.25, 0.3) is 0 Å². The molecule has 0 aliphatic carbocycles. The third-order valence-electron chi connectivity index (χ3n) is 2.93. The lowest BCUT2D eigenvalue weighted by Gasteiger charge is -2.24. The van der Waals surface area contributed by atoms with Crippen LogP contribution >= 0.6 is 15.9 Å². The number of hydrogen-bond donors (Lipinski definition) is 1. The molecule has 1 aromatic heterocycles. The van der Waals surface area contributed by atoms with Crippen LogP contribution in [-0.4, -0.2) is 34.3 Å². The Balaban J connectivity index is 2.28. The van der Waals surface area contributed by atoms with Gasteiger partial charge in [0.15, 0.2) is 0 Å². The number of aromatic nitrogens is 2. The molecular weight excluding hydrogens is 270 g/mol. The summed E-state index contributed by atoms with van der Waals surface area (Å²) in [7, 11) is 0. The second-order valence-electron chi connectivity index (χ2n) is 3.99. The van der Waals surface area contributed by atoms with Crippen LogP contribution in [0.15, 0.2) is 10.7 Å². The molecule has 16 heavy (non-hydrogen) atoms. The molecule has 1 aromatic rings. The number of aliphatic hydroxyl groups excluding tert-OH is 1. The van der Waals surface area contributed by atoms with E-state index in [2.05, 4.69) is 30.8 Å². The largest absolute Gasteiger partial charge is 0.394 e. The molecule has 1 fully saturated rings. The van der Waals surface area contributed by atoms with Crippen molar-refractivity contribution in [3.05, 3.63) is 16.5 Å². The van der Waals surface area contributed by atoms with Gasteiger partial charge in [-0.15, -0.1) is 0 Å². The van der Waals surface area contributed by atoms with Gasteiger partial charge in [-0.3, -0.25) is 0 Å². The molecule has 5 heteroatoms. The first kappa shape index (κ1) is 11.8. The van der Waals surface area contributed by atoms with Gasteiger partial charge < -0.3 is 10.0 Å². The molecular formula is C11H16BrN3O. The molecule has 1 unspecified atom stereocenters. The van der Waals surface area contributed by atoms with E-state index in [1.807, 2.05) is 13.0 Å². The highest BCUT2D eigenvalue weighted by atomic mass is 79.9. The van der Waals surface area contributed by atoms with Gasteiger partial charge in [0, 0.05) is 19.0 Å². The third kappa shape index (κ3) is 2.35. The first-order chi connectivity index (χ1) is 7.74. The van der Waals surface area contributed by atoms with E-state index >= 15 is 0 Å². The van der Waals surface area contributed by atoms with Gasteiger partial charge in [0.05, 0.1) is 12.6 Å². The van der Waals surface area contributed by atoms with Crippen LogP contribution in [0.4, 0.5) is 5.82 Å². The maximum Gasteiger partial charge on any atom is 0.133 e. The smallest absolute Gasteiger partial charge is 0.133 e. The normalized spacial score (nSPS) is 20.4. The highest BCUT2D eigenvalue weighted by molar-refractivity contribution is 9.10. The summed E-state index contributed by atoms with van der Waals surface area (Å²) < 4.78 is 0.818. The summed E-state index contributed by atoms with van der Waals surface area (Å²) in [4.78, 5) is 11.0. The highest BCUT2D eigenvalue weighted by Gasteiger charge is 2.25. The average molecular weight is 286 g/mol. The minimum Gasteiger partial charge on any atom is -0.394 e. The molecule has 1 atom stereocenters. The van der Waals surface area contributed by atoms with Crippen LogP contribution in [0.1, 0.15) is 25.6 Å². The highest BCUT2D eigenvalue weighted by Crippen LogP contribution is 2.25. The van der Waals surface area contributed by atoms with Crippen molar-refractivity contribution >= 4 is 21.7 Å². The van der Waals surface area contributed by atoms with E-state index in [9.17, 15) is 5.11 Å². The van der Waals surface area contributed by atoms with E-state index in [0.29, 0.717) is 0 Å². The number of aryl methyl sites for hydroxylation is 1. The third-order valence-corrected chi connectivity index (χ3v) is 3.33. The van der Waals surface area contributed by atoms with Crippen LogP contribution in [0.5, 0.6) is 0 Å². The Morgan fingerprint density at radius 1 is 1.56 bits per heavy atom. The van der Waals surface area contributed by atoms with Gasteiger partial charge in [-0.2, -0.15) is 0 Å². The average Bonchev–Trinajstić information content (AvgIpc) is 2.76. The topological polar surface area (TPSA) is 49.2 Å². The monoisotopic (exact) mass is 285 g/mol. The standard InChI is InChI=1S/C11H16BrN3O/c1-2-10-13-9(12)6-11(14-10)15-5-3-4-8(15)7-16/h6,8,16H,2-5,7H2,1H3. The van der Waals surface area contributed by atoms with Crippen molar-refractivity contribution in [3.63, 3.8) is 0 Å². The fourth-order valence-corrected chi connectivity index (χ4v) is 2.49. The van der Waals surface area contributed by atoms with Crippen LogP contribution < -0.4 is 4.90 Å². The van der Waals surface area contributed by atoms with E-state index < -0.39 is 0 Å². The minimum atomic E-state index is 0.198. The van der Waals surface area contributed by atoms with Crippen molar-refractivity contribution in [1.29, 1.82) is 0 Å². The summed E-state index contributed by atoms with van der Waals surface area (Å²) in [6, 6.07) is 2.14. The molecule has 0 aromatic carbocycles. The lowest BCUT2D eigenvalue weighted by molar-refractivity contribution is 0.266. The lowest BCUT2D eigenvalue weighted by Crippen LogP contribution is -2.33. The number of hydrogen-bond acceptors (Lipinski definition) is 4. The molecule has 88 valence electrons. The molecule has 0 spiro atoms. The van der Waals surface area contributed by atoms with Crippen molar-refractivity contribution in [3.8, 4) is 0 Å². The first-order valence-electron chi connectivity index (χ1n) is 5.65. The quantitative estimate of drug-likeness (QED) is 0.860. The van der Waals surface area contributed by atoms with Crippen LogP contribution in [0.25, 0.3) is 0 Å². The van der Waals surface area contributed by atoms with Crippen molar-refractivity contribution in [2.45, 2.75) is 32.2 Å². The Labute approximate surface area is 104 Å². The predicted molar refractivity (Wildman–Crippen MR) is 66.6 cm³/mol. The molecule has 1 aliphatic heterocycles. The molecule has 0 saturated carbocycles. The lowest BCUT2D eigenvalue weighted by atomic mass is 10.2. The van der Waals surface area contributed by atoms with E-state index in [1.165, 1.54) is 0 Å². The van der Waals surface area contributed by atoms with Gasteiger partial charge >= 0.3 is 0 Å². The van der Waals surface area contributed by atoms with Gasteiger partial charge in [0.2, 0.25) is 0 Å². The number of nitrogens with zero attached hydrogens (tertiary/aromatic N) is 3. The number of rotatable bonds is 3. The number of anilines is 1. The zero-order valence-electron chi connectivity index (χ0n) is 9.36. The second-order valence-corrected chi connectivity index (χ2v) is 4.80. The van der Waals surface area contributed by atoms with Crippen molar-refractivity contribution in [2.75, 3.05) is 18.1 Å². The summed E-state index contributed by atoms with van der Waals surface area (Å²) in [6.07, 6.45) is 2.98. The summed E-state index contributed by atoms with van der Waals surface area (Å²) in [5.74, 6) is 1.77. The molecule has 2 rings (SSSR count).